The van der Waals surface area contributed by atoms with Crippen LogP contribution < -0.4 is 10.1 Å². The molecule has 3 rings (SSSR count). The van der Waals surface area contributed by atoms with Crippen LogP contribution in [-0.2, 0) is 4.79 Å². The molecule has 1 unspecified atom stereocenters. The fourth-order valence-corrected chi connectivity index (χ4v) is 3.05. The van der Waals surface area contributed by atoms with Crippen LogP contribution in [-0.4, -0.2) is 43.6 Å². The van der Waals surface area contributed by atoms with Crippen molar-refractivity contribution < 1.29 is 9.53 Å². The molecule has 1 saturated heterocycles. The van der Waals surface area contributed by atoms with E-state index in [-0.39, 0.29) is 18.3 Å². The summed E-state index contributed by atoms with van der Waals surface area (Å²) in [6, 6.07) is 5.85. The summed E-state index contributed by atoms with van der Waals surface area (Å²) in [4.78, 5) is 14.5. The van der Waals surface area contributed by atoms with Gasteiger partial charge < -0.3 is 15.0 Å². The van der Waals surface area contributed by atoms with Crippen molar-refractivity contribution >= 4 is 36.0 Å². The number of likely N-dealkylation sites (tertiary alicyclic amines) is 1. The number of carbonyl (C=O) groups excluding carboxylic acids is 1. The molecule has 1 aromatic rings. The second kappa shape index (κ2) is 7.36. The molecule has 1 N–H and O–H groups in total. The zero-order valence-corrected chi connectivity index (χ0v) is 14.0. The van der Waals surface area contributed by atoms with Crippen molar-refractivity contribution in [1.29, 1.82) is 0 Å². The van der Waals surface area contributed by atoms with Crippen LogP contribution in [0.4, 0.5) is 0 Å². The molecule has 1 amide bonds. The first kappa shape index (κ1) is 17.1. The summed E-state index contributed by atoms with van der Waals surface area (Å²) in [6.07, 6.45) is 4.05. The lowest BCUT2D eigenvalue weighted by Crippen LogP contribution is -2.47. The van der Waals surface area contributed by atoms with Gasteiger partial charge in [0.1, 0.15) is 12.4 Å². The van der Waals surface area contributed by atoms with Gasteiger partial charge in [-0.25, -0.2) is 0 Å². The summed E-state index contributed by atoms with van der Waals surface area (Å²) in [5.41, 5.74) is 1.57. The molecule has 0 aromatic heterocycles. The number of hydrogen-bond donors (Lipinski definition) is 1. The van der Waals surface area contributed by atoms with Gasteiger partial charge in [-0.15, -0.1) is 12.4 Å². The van der Waals surface area contributed by atoms with Crippen molar-refractivity contribution in [3.05, 3.63) is 34.4 Å². The average Bonchev–Trinajstić information content (AvgIpc) is 2.53. The third-order valence-electron chi connectivity index (χ3n) is 4.08. The predicted octanol–water partition coefficient (Wildman–Crippen LogP) is 2.75. The minimum absolute atomic E-state index is 0. The van der Waals surface area contributed by atoms with Crippen molar-refractivity contribution in [2.45, 2.75) is 18.9 Å². The molecule has 0 aliphatic carbocycles. The Kier molecular flexibility index (Phi) is 5.73. The zero-order chi connectivity index (χ0) is 14.8. The summed E-state index contributed by atoms with van der Waals surface area (Å²) in [6.45, 7) is 1.90. The number of benzene rings is 1. The lowest BCUT2D eigenvalue weighted by Gasteiger charge is -2.33. The Hall–Kier alpha value is -1.23. The van der Waals surface area contributed by atoms with Crippen molar-refractivity contribution in [2.24, 2.45) is 0 Å². The summed E-state index contributed by atoms with van der Waals surface area (Å²) >= 11 is 6.00. The molecule has 1 aromatic carbocycles. The molecule has 0 radical (unpaired) electrons. The standard InChI is InChI=1S/C16H19ClN2O2.ClH/c1-18-14-3-2-6-19(9-14)16(20)12-7-11-8-13(17)4-5-15(11)21-10-12;/h4-5,7-8,14,18H,2-3,6,9-10H2,1H3;1H. The van der Waals surface area contributed by atoms with Crippen LogP contribution in [0.5, 0.6) is 5.75 Å². The number of rotatable bonds is 2. The number of carbonyl (C=O) groups is 1. The van der Waals surface area contributed by atoms with Gasteiger partial charge in [0.2, 0.25) is 0 Å². The first-order valence-corrected chi connectivity index (χ1v) is 7.64. The van der Waals surface area contributed by atoms with Gasteiger partial charge in [-0.1, -0.05) is 11.6 Å². The average molecular weight is 343 g/mol. The smallest absolute Gasteiger partial charge is 0.253 e. The van der Waals surface area contributed by atoms with Gasteiger partial charge in [-0.05, 0) is 44.2 Å². The Labute approximate surface area is 141 Å². The molecule has 0 spiro atoms. The van der Waals surface area contributed by atoms with E-state index >= 15 is 0 Å². The molecule has 6 heteroatoms. The van der Waals surface area contributed by atoms with Gasteiger partial charge in [0.15, 0.2) is 0 Å². The van der Waals surface area contributed by atoms with Gasteiger partial charge in [0, 0.05) is 29.7 Å². The second-order valence-electron chi connectivity index (χ2n) is 5.52. The molecular weight excluding hydrogens is 323 g/mol. The molecule has 22 heavy (non-hydrogen) atoms. The molecule has 2 heterocycles. The minimum Gasteiger partial charge on any atom is -0.488 e. The third kappa shape index (κ3) is 3.57. The Balaban J connectivity index is 0.00000176. The number of amides is 1. The number of likely N-dealkylation sites (N-methyl/N-ethyl adjacent to an activating group) is 1. The number of ether oxygens (including phenoxy) is 1. The van der Waals surface area contributed by atoms with E-state index in [9.17, 15) is 4.79 Å². The molecule has 2 aliphatic heterocycles. The number of nitrogens with one attached hydrogen (secondary N) is 1. The van der Waals surface area contributed by atoms with Gasteiger partial charge in [0.25, 0.3) is 5.91 Å². The topological polar surface area (TPSA) is 41.6 Å². The molecule has 120 valence electrons. The Bertz CT molecular complexity index is 590. The lowest BCUT2D eigenvalue weighted by molar-refractivity contribution is -0.128. The number of halogens is 2. The van der Waals surface area contributed by atoms with Crippen molar-refractivity contribution in [2.75, 3.05) is 26.7 Å². The predicted molar refractivity (Wildman–Crippen MR) is 90.8 cm³/mol. The molecular formula is C16H20Cl2N2O2. The van der Waals surface area contributed by atoms with Gasteiger partial charge >= 0.3 is 0 Å². The van der Waals surface area contributed by atoms with Crippen LogP contribution in [0, 0.1) is 0 Å². The summed E-state index contributed by atoms with van der Waals surface area (Å²) in [5, 5.41) is 3.90. The number of fused-ring (bicyclic) bond motifs is 1. The highest BCUT2D eigenvalue weighted by Crippen LogP contribution is 2.29. The molecule has 4 nitrogen and oxygen atoms in total. The van der Waals surface area contributed by atoms with Crippen LogP contribution in [0.1, 0.15) is 18.4 Å². The van der Waals surface area contributed by atoms with E-state index < -0.39 is 0 Å². The SMILES string of the molecule is CNC1CCCN(C(=O)C2=Cc3cc(Cl)ccc3OC2)C1.Cl. The molecule has 0 bridgehead atoms. The fraction of sp³-hybridized carbons (Fsp3) is 0.438. The number of hydrogen-bond acceptors (Lipinski definition) is 3. The fourth-order valence-electron chi connectivity index (χ4n) is 2.87. The second-order valence-corrected chi connectivity index (χ2v) is 5.96. The maximum atomic E-state index is 12.6. The number of nitrogens with zero attached hydrogens (tertiary/aromatic N) is 1. The third-order valence-corrected chi connectivity index (χ3v) is 4.31. The van der Waals surface area contributed by atoms with E-state index in [1.807, 2.05) is 30.2 Å². The maximum absolute atomic E-state index is 12.6. The van der Waals surface area contributed by atoms with Crippen molar-refractivity contribution in [1.82, 2.24) is 10.2 Å². The summed E-state index contributed by atoms with van der Waals surface area (Å²) < 4.78 is 5.67. The normalized spacial score (nSPS) is 20.4. The highest BCUT2D eigenvalue weighted by Gasteiger charge is 2.26. The van der Waals surface area contributed by atoms with Crippen LogP contribution in [0.25, 0.3) is 6.08 Å². The van der Waals surface area contributed by atoms with Gasteiger partial charge in [-0.2, -0.15) is 0 Å². The Morgan fingerprint density at radius 1 is 1.45 bits per heavy atom. The largest absolute Gasteiger partial charge is 0.488 e. The maximum Gasteiger partial charge on any atom is 0.253 e. The lowest BCUT2D eigenvalue weighted by atomic mass is 10.0. The van der Waals surface area contributed by atoms with Crippen LogP contribution in [0.15, 0.2) is 23.8 Å². The first-order valence-electron chi connectivity index (χ1n) is 7.27. The molecule has 1 fully saturated rings. The van der Waals surface area contributed by atoms with Crippen molar-refractivity contribution in [3.63, 3.8) is 0 Å². The Morgan fingerprint density at radius 2 is 2.27 bits per heavy atom. The first-order chi connectivity index (χ1) is 10.2. The van der Waals surface area contributed by atoms with E-state index in [0.717, 1.165) is 37.2 Å². The summed E-state index contributed by atoms with van der Waals surface area (Å²) in [7, 11) is 1.94. The Morgan fingerprint density at radius 3 is 3.05 bits per heavy atom. The van der Waals surface area contributed by atoms with Crippen molar-refractivity contribution in [3.8, 4) is 5.75 Å². The molecule has 2 aliphatic rings. The zero-order valence-electron chi connectivity index (χ0n) is 12.5. The highest BCUT2D eigenvalue weighted by atomic mass is 35.5. The number of piperidine rings is 1. The van der Waals surface area contributed by atoms with Crippen LogP contribution in [0.3, 0.4) is 0 Å². The monoisotopic (exact) mass is 342 g/mol. The van der Waals surface area contributed by atoms with E-state index in [1.165, 1.54) is 0 Å². The van der Waals surface area contributed by atoms with Gasteiger partial charge in [-0.3, -0.25) is 4.79 Å². The quantitative estimate of drug-likeness (QED) is 0.898. The summed E-state index contributed by atoms with van der Waals surface area (Å²) in [5.74, 6) is 0.850. The molecule has 1 atom stereocenters. The molecule has 0 saturated carbocycles. The van der Waals surface area contributed by atoms with E-state index in [2.05, 4.69) is 5.32 Å². The van der Waals surface area contributed by atoms with E-state index in [4.69, 9.17) is 16.3 Å². The highest BCUT2D eigenvalue weighted by molar-refractivity contribution is 6.30. The van der Waals surface area contributed by atoms with Crippen LogP contribution >= 0.6 is 24.0 Å². The van der Waals surface area contributed by atoms with Gasteiger partial charge in [0.05, 0.1) is 5.57 Å². The van der Waals surface area contributed by atoms with Crippen LogP contribution in [0.2, 0.25) is 5.02 Å². The van der Waals surface area contributed by atoms with E-state index in [0.29, 0.717) is 23.2 Å². The van der Waals surface area contributed by atoms with E-state index in [1.54, 1.807) is 6.07 Å². The minimum atomic E-state index is 0.